The molecule has 2 aromatic heterocycles. The van der Waals surface area contributed by atoms with Crippen LogP contribution in [-0.2, 0) is 0 Å². The topological polar surface area (TPSA) is 13.1 Å². The minimum Gasteiger partial charge on any atom is -0.456 e. The van der Waals surface area contributed by atoms with Gasteiger partial charge in [0.15, 0.2) is 0 Å². The van der Waals surface area contributed by atoms with Gasteiger partial charge in [0.25, 0.3) is 0 Å². The molecule has 0 aliphatic heterocycles. The first-order valence-corrected chi connectivity index (χ1v) is 9.43. The average molecular weight is 352 g/mol. The minimum absolute atomic E-state index is 0.895. The van der Waals surface area contributed by atoms with Crippen LogP contribution in [0.25, 0.3) is 43.2 Å². The average Bonchev–Trinajstić information content (AvgIpc) is 3.36. The van der Waals surface area contributed by atoms with Crippen LogP contribution in [0, 0.1) is 0 Å². The third kappa shape index (κ3) is 2.75. The Labute approximate surface area is 156 Å². The Balaban J connectivity index is 1.46. The van der Waals surface area contributed by atoms with Gasteiger partial charge < -0.3 is 4.42 Å². The van der Waals surface area contributed by atoms with Crippen LogP contribution >= 0.6 is 11.3 Å². The predicted octanol–water partition coefficient (Wildman–Crippen LogP) is 7.50. The van der Waals surface area contributed by atoms with Crippen molar-refractivity contribution in [2.75, 3.05) is 0 Å². The molecule has 3 aromatic carbocycles. The fourth-order valence-electron chi connectivity index (χ4n) is 3.17. The molecule has 0 aliphatic rings. The molecule has 0 N–H and O–H groups in total. The van der Waals surface area contributed by atoms with E-state index in [-0.39, 0.29) is 0 Å². The van der Waals surface area contributed by atoms with E-state index in [0.29, 0.717) is 0 Å². The Bertz CT molecular complexity index is 1130. The molecule has 0 unspecified atom stereocenters. The molecule has 0 spiro atoms. The Morgan fingerprint density at radius 3 is 1.88 bits per heavy atom. The van der Waals surface area contributed by atoms with E-state index in [2.05, 4.69) is 66.7 Å². The maximum atomic E-state index is 6.05. The van der Waals surface area contributed by atoms with E-state index in [4.69, 9.17) is 4.42 Å². The Morgan fingerprint density at radius 2 is 1.15 bits per heavy atom. The molecule has 1 nitrogen and oxygen atoms in total. The molecule has 26 heavy (non-hydrogen) atoms. The molecule has 0 saturated carbocycles. The Hall–Kier alpha value is -3.10. The lowest BCUT2D eigenvalue weighted by atomic mass is 10.1. The van der Waals surface area contributed by atoms with Crippen molar-refractivity contribution in [2.24, 2.45) is 0 Å². The highest BCUT2D eigenvalue weighted by molar-refractivity contribution is 7.22. The van der Waals surface area contributed by atoms with Gasteiger partial charge in [-0.2, -0.15) is 0 Å². The molecule has 2 heteroatoms. The van der Waals surface area contributed by atoms with E-state index in [0.717, 1.165) is 22.6 Å². The van der Waals surface area contributed by atoms with Crippen LogP contribution in [0.5, 0.6) is 0 Å². The van der Waals surface area contributed by atoms with Crippen LogP contribution in [0.4, 0.5) is 0 Å². The van der Waals surface area contributed by atoms with E-state index in [1.165, 1.54) is 20.5 Å². The van der Waals surface area contributed by atoms with Crippen molar-refractivity contribution in [3.63, 3.8) is 0 Å². The number of thiophene rings is 1. The quantitative estimate of drug-likeness (QED) is 0.328. The zero-order chi connectivity index (χ0) is 17.3. The van der Waals surface area contributed by atoms with Crippen molar-refractivity contribution in [3.8, 4) is 33.1 Å². The first kappa shape index (κ1) is 15.2. The van der Waals surface area contributed by atoms with Crippen molar-refractivity contribution in [1.82, 2.24) is 0 Å². The van der Waals surface area contributed by atoms with Crippen molar-refractivity contribution < 1.29 is 4.42 Å². The summed E-state index contributed by atoms with van der Waals surface area (Å²) in [5.74, 6) is 1.79. The molecule has 0 atom stereocenters. The second-order valence-corrected chi connectivity index (χ2v) is 7.34. The summed E-state index contributed by atoms with van der Waals surface area (Å²) in [5, 5.41) is 1.30. The highest BCUT2D eigenvalue weighted by atomic mass is 32.1. The van der Waals surface area contributed by atoms with Gasteiger partial charge >= 0.3 is 0 Å². The lowest BCUT2D eigenvalue weighted by Crippen LogP contribution is -1.76. The van der Waals surface area contributed by atoms with Crippen LogP contribution in [0.2, 0.25) is 0 Å². The fraction of sp³-hybridized carbons (Fsp3) is 0. The summed E-state index contributed by atoms with van der Waals surface area (Å²) in [5.41, 5.74) is 3.43. The summed E-state index contributed by atoms with van der Waals surface area (Å²) in [6.07, 6.45) is 0. The van der Waals surface area contributed by atoms with Gasteiger partial charge in [-0.25, -0.2) is 0 Å². The number of rotatable bonds is 3. The summed E-state index contributed by atoms with van der Waals surface area (Å²) in [6.45, 7) is 0. The summed E-state index contributed by atoms with van der Waals surface area (Å²) >= 11 is 1.83. The van der Waals surface area contributed by atoms with Crippen LogP contribution in [0.15, 0.2) is 101 Å². The van der Waals surface area contributed by atoms with E-state index in [1.54, 1.807) is 0 Å². The molecule has 0 radical (unpaired) electrons. The van der Waals surface area contributed by atoms with Gasteiger partial charge in [-0.05, 0) is 35.2 Å². The third-order valence-corrected chi connectivity index (χ3v) is 5.71. The number of hydrogen-bond donors (Lipinski definition) is 0. The fourth-order valence-corrected chi connectivity index (χ4v) is 4.24. The van der Waals surface area contributed by atoms with E-state index < -0.39 is 0 Å². The highest BCUT2D eigenvalue weighted by Crippen LogP contribution is 2.35. The summed E-state index contributed by atoms with van der Waals surface area (Å²) in [7, 11) is 0. The molecule has 5 aromatic rings. The van der Waals surface area contributed by atoms with Gasteiger partial charge in [0.05, 0.1) is 0 Å². The molecule has 0 saturated heterocycles. The maximum Gasteiger partial charge on any atom is 0.134 e. The molecule has 2 heterocycles. The van der Waals surface area contributed by atoms with Gasteiger partial charge in [0.1, 0.15) is 11.5 Å². The molecule has 124 valence electrons. The molecule has 0 fully saturated rings. The van der Waals surface area contributed by atoms with Gasteiger partial charge in [0, 0.05) is 20.7 Å². The van der Waals surface area contributed by atoms with Crippen LogP contribution in [-0.4, -0.2) is 0 Å². The van der Waals surface area contributed by atoms with Gasteiger partial charge in [0.2, 0.25) is 0 Å². The third-order valence-electron chi connectivity index (χ3n) is 4.54. The lowest BCUT2D eigenvalue weighted by molar-refractivity contribution is 0.597. The first-order chi connectivity index (χ1) is 12.9. The van der Waals surface area contributed by atoms with Crippen molar-refractivity contribution in [2.45, 2.75) is 0 Å². The van der Waals surface area contributed by atoms with Gasteiger partial charge in [-0.3, -0.25) is 0 Å². The molecular formula is C24H16OS. The first-order valence-electron chi connectivity index (χ1n) is 8.61. The van der Waals surface area contributed by atoms with E-state index in [1.807, 2.05) is 41.7 Å². The van der Waals surface area contributed by atoms with E-state index >= 15 is 0 Å². The molecule has 0 amide bonds. The highest BCUT2D eigenvalue weighted by Gasteiger charge is 2.08. The second kappa shape index (κ2) is 6.32. The van der Waals surface area contributed by atoms with Crippen molar-refractivity contribution >= 4 is 21.4 Å². The molecule has 0 aliphatic carbocycles. The zero-order valence-electron chi connectivity index (χ0n) is 14.1. The summed E-state index contributed by atoms with van der Waals surface area (Å²) < 4.78 is 7.38. The standard InChI is InChI=1S/C24H16OS/c1-2-6-17(7-3-1)21-14-15-22(25-21)18-10-12-19(13-11-18)24-16-20-8-4-5-9-23(20)26-24/h1-16H. The smallest absolute Gasteiger partial charge is 0.134 e. The van der Waals surface area contributed by atoms with Crippen molar-refractivity contribution in [3.05, 3.63) is 97.1 Å². The SMILES string of the molecule is c1ccc(-c2ccc(-c3ccc(-c4cc5ccccc5s4)cc3)o2)cc1. The number of hydrogen-bond acceptors (Lipinski definition) is 2. The monoisotopic (exact) mass is 352 g/mol. The number of benzene rings is 3. The molecular weight excluding hydrogens is 336 g/mol. The predicted molar refractivity (Wildman–Crippen MR) is 110 cm³/mol. The Morgan fingerprint density at radius 1 is 0.538 bits per heavy atom. The van der Waals surface area contributed by atoms with Crippen LogP contribution in [0.3, 0.4) is 0 Å². The largest absolute Gasteiger partial charge is 0.456 e. The van der Waals surface area contributed by atoms with Crippen LogP contribution in [0.1, 0.15) is 0 Å². The minimum atomic E-state index is 0.895. The lowest BCUT2D eigenvalue weighted by Gasteiger charge is -2.01. The molecule has 5 rings (SSSR count). The molecule has 0 bridgehead atoms. The second-order valence-electron chi connectivity index (χ2n) is 6.26. The number of furan rings is 1. The summed E-state index contributed by atoms with van der Waals surface area (Å²) in [4.78, 5) is 1.29. The Kier molecular flexibility index (Phi) is 3.69. The van der Waals surface area contributed by atoms with E-state index in [9.17, 15) is 0 Å². The van der Waals surface area contributed by atoms with Gasteiger partial charge in [-0.1, -0.05) is 72.8 Å². The van der Waals surface area contributed by atoms with Crippen LogP contribution < -0.4 is 0 Å². The maximum absolute atomic E-state index is 6.05. The van der Waals surface area contributed by atoms with Crippen molar-refractivity contribution in [1.29, 1.82) is 0 Å². The van der Waals surface area contributed by atoms with Gasteiger partial charge in [-0.15, -0.1) is 11.3 Å². The zero-order valence-corrected chi connectivity index (χ0v) is 14.9. The normalized spacial score (nSPS) is 11.1. The number of fused-ring (bicyclic) bond motifs is 1. The summed E-state index contributed by atoms with van der Waals surface area (Å²) in [6, 6.07) is 33.6.